The molecule has 1 saturated heterocycles. The number of aromatic carboxylic acids is 1. The largest absolute Gasteiger partial charge is 0.478 e. The lowest BCUT2D eigenvalue weighted by molar-refractivity contribution is 0.0559. The van der Waals surface area contributed by atoms with Crippen LogP contribution in [-0.4, -0.2) is 52.7 Å². The van der Waals surface area contributed by atoms with E-state index in [-0.39, 0.29) is 17.6 Å². The number of nitrogens with one attached hydrogen (secondary N) is 1. The van der Waals surface area contributed by atoms with Crippen molar-refractivity contribution in [3.05, 3.63) is 22.5 Å². The van der Waals surface area contributed by atoms with Crippen molar-refractivity contribution in [2.75, 3.05) is 19.7 Å². The summed E-state index contributed by atoms with van der Waals surface area (Å²) in [4.78, 5) is 28.4. The number of amides is 1. The van der Waals surface area contributed by atoms with Crippen LogP contribution in [0.25, 0.3) is 0 Å². The lowest BCUT2D eigenvalue weighted by Crippen LogP contribution is -2.36. The van der Waals surface area contributed by atoms with Crippen LogP contribution in [0, 0.1) is 13.8 Å². The first-order valence-electron chi connectivity index (χ1n) is 6.75. The predicted octanol–water partition coefficient (Wildman–Crippen LogP) is 1.58. The van der Waals surface area contributed by atoms with Crippen molar-refractivity contribution in [1.29, 1.82) is 0 Å². The fraction of sp³-hybridized carbons (Fsp3) is 0.571. The monoisotopic (exact) mass is 280 g/mol. The molecule has 2 rings (SSSR count). The molecule has 1 amide bonds. The van der Waals surface area contributed by atoms with Crippen LogP contribution in [0.3, 0.4) is 0 Å². The maximum Gasteiger partial charge on any atom is 0.337 e. The summed E-state index contributed by atoms with van der Waals surface area (Å²) in [6.07, 6.45) is 0.789. The van der Waals surface area contributed by atoms with Gasteiger partial charge in [-0.05, 0) is 32.8 Å². The van der Waals surface area contributed by atoms with Crippen molar-refractivity contribution in [3.8, 4) is 0 Å². The minimum atomic E-state index is -1.01. The van der Waals surface area contributed by atoms with Crippen molar-refractivity contribution in [2.45, 2.75) is 33.3 Å². The van der Waals surface area contributed by atoms with E-state index in [2.05, 4.69) is 4.98 Å². The molecule has 0 spiro atoms. The summed E-state index contributed by atoms with van der Waals surface area (Å²) in [5.41, 5.74) is 1.57. The summed E-state index contributed by atoms with van der Waals surface area (Å²) in [6, 6.07) is 0. The highest BCUT2D eigenvalue weighted by molar-refractivity contribution is 5.99. The molecule has 0 bridgehead atoms. The van der Waals surface area contributed by atoms with Crippen molar-refractivity contribution in [2.24, 2.45) is 0 Å². The van der Waals surface area contributed by atoms with E-state index in [1.54, 1.807) is 18.7 Å². The number of hydrogen-bond donors (Lipinski definition) is 2. The number of nitrogens with zero attached hydrogens (tertiary/aromatic N) is 1. The van der Waals surface area contributed by atoms with Gasteiger partial charge in [0, 0.05) is 25.4 Å². The van der Waals surface area contributed by atoms with Crippen molar-refractivity contribution in [3.63, 3.8) is 0 Å². The fourth-order valence-electron chi connectivity index (χ4n) is 2.62. The van der Waals surface area contributed by atoms with Crippen molar-refractivity contribution < 1.29 is 19.4 Å². The Morgan fingerprint density at radius 2 is 2.10 bits per heavy atom. The number of aryl methyl sites for hydroxylation is 1. The molecule has 20 heavy (non-hydrogen) atoms. The molecule has 0 saturated carbocycles. The Bertz CT molecular complexity index is 536. The van der Waals surface area contributed by atoms with Gasteiger partial charge in [0.05, 0.1) is 11.7 Å². The predicted molar refractivity (Wildman–Crippen MR) is 73.2 cm³/mol. The quantitative estimate of drug-likeness (QED) is 0.861. The molecule has 1 atom stereocenters. The lowest BCUT2D eigenvalue weighted by Gasteiger charge is -2.21. The van der Waals surface area contributed by atoms with E-state index < -0.39 is 5.97 Å². The summed E-state index contributed by atoms with van der Waals surface area (Å²) in [5.74, 6) is -1.17. The highest BCUT2D eigenvalue weighted by Gasteiger charge is 2.26. The number of aromatic amines is 1. The fourth-order valence-corrected chi connectivity index (χ4v) is 2.62. The molecule has 0 radical (unpaired) electrons. The number of carbonyl (C=O) groups is 2. The van der Waals surface area contributed by atoms with E-state index in [9.17, 15) is 14.7 Å². The van der Waals surface area contributed by atoms with Gasteiger partial charge in [-0.15, -0.1) is 0 Å². The third kappa shape index (κ3) is 2.70. The molecular formula is C14H20N2O4. The lowest BCUT2D eigenvalue weighted by atomic mass is 10.1. The molecule has 1 aliphatic rings. The third-order valence-corrected chi connectivity index (χ3v) is 3.60. The first-order chi connectivity index (χ1) is 9.41. The maximum absolute atomic E-state index is 12.6. The van der Waals surface area contributed by atoms with Gasteiger partial charge in [0.2, 0.25) is 0 Å². The Labute approximate surface area is 117 Å². The molecule has 2 heterocycles. The van der Waals surface area contributed by atoms with E-state index in [0.29, 0.717) is 36.6 Å². The number of carboxylic acids is 1. The van der Waals surface area contributed by atoms with Crippen LogP contribution in [0.1, 0.15) is 45.4 Å². The molecule has 0 unspecified atom stereocenters. The van der Waals surface area contributed by atoms with Gasteiger partial charge in [-0.2, -0.15) is 0 Å². The van der Waals surface area contributed by atoms with E-state index in [0.717, 1.165) is 6.42 Å². The molecule has 6 heteroatoms. The Kier molecular flexibility index (Phi) is 4.13. The Morgan fingerprint density at radius 1 is 1.40 bits per heavy atom. The SMILES string of the molecule is Cc1[nH]c(C(=O)N2CCCO[C@@H](C)C2)c(C)c1C(=O)O. The van der Waals surface area contributed by atoms with Crippen molar-refractivity contribution in [1.82, 2.24) is 9.88 Å². The van der Waals surface area contributed by atoms with Crippen LogP contribution in [0.5, 0.6) is 0 Å². The second kappa shape index (κ2) is 5.66. The maximum atomic E-state index is 12.6. The molecule has 1 aromatic heterocycles. The number of carboxylic acid groups (broad SMARTS) is 1. The minimum Gasteiger partial charge on any atom is -0.478 e. The molecule has 1 aromatic rings. The number of ether oxygens (including phenoxy) is 1. The van der Waals surface area contributed by atoms with Crippen LogP contribution in [0.15, 0.2) is 0 Å². The van der Waals surface area contributed by atoms with E-state index in [1.807, 2.05) is 6.92 Å². The van der Waals surface area contributed by atoms with Crippen LogP contribution < -0.4 is 0 Å². The Morgan fingerprint density at radius 3 is 2.70 bits per heavy atom. The van der Waals surface area contributed by atoms with Gasteiger partial charge in [0.25, 0.3) is 5.91 Å². The highest BCUT2D eigenvalue weighted by atomic mass is 16.5. The van der Waals surface area contributed by atoms with Gasteiger partial charge in [0.1, 0.15) is 5.69 Å². The zero-order chi connectivity index (χ0) is 14.9. The number of hydrogen-bond acceptors (Lipinski definition) is 3. The second-order valence-electron chi connectivity index (χ2n) is 5.22. The summed E-state index contributed by atoms with van der Waals surface area (Å²) in [5, 5.41) is 9.17. The molecule has 0 aromatic carbocycles. The minimum absolute atomic E-state index is 0.00300. The molecule has 0 aliphatic carbocycles. The summed E-state index contributed by atoms with van der Waals surface area (Å²) in [6.45, 7) is 7.07. The number of rotatable bonds is 2. The molecule has 110 valence electrons. The first kappa shape index (κ1) is 14.6. The topological polar surface area (TPSA) is 82.6 Å². The summed E-state index contributed by atoms with van der Waals surface area (Å²) < 4.78 is 5.52. The van der Waals surface area contributed by atoms with Crippen LogP contribution in [0.4, 0.5) is 0 Å². The second-order valence-corrected chi connectivity index (χ2v) is 5.22. The van der Waals surface area contributed by atoms with Crippen LogP contribution in [-0.2, 0) is 4.74 Å². The average molecular weight is 280 g/mol. The van der Waals surface area contributed by atoms with Gasteiger partial charge in [0.15, 0.2) is 0 Å². The normalized spacial score (nSPS) is 19.8. The van der Waals surface area contributed by atoms with Gasteiger partial charge in [-0.25, -0.2) is 4.79 Å². The summed E-state index contributed by atoms with van der Waals surface area (Å²) in [7, 11) is 0. The molecule has 2 N–H and O–H groups in total. The van der Waals surface area contributed by atoms with Crippen molar-refractivity contribution >= 4 is 11.9 Å². The van der Waals surface area contributed by atoms with Gasteiger partial charge < -0.3 is 19.7 Å². The first-order valence-corrected chi connectivity index (χ1v) is 6.75. The Hall–Kier alpha value is -1.82. The van der Waals surface area contributed by atoms with Crippen LogP contribution in [0.2, 0.25) is 0 Å². The molecular weight excluding hydrogens is 260 g/mol. The number of H-pyrrole nitrogens is 1. The molecule has 1 aliphatic heterocycles. The van der Waals surface area contributed by atoms with E-state index >= 15 is 0 Å². The average Bonchev–Trinajstić information content (AvgIpc) is 2.55. The standard InChI is InChI=1S/C14H20N2O4/c1-8-7-16(5-4-6-20-8)13(17)12-9(2)11(14(18)19)10(3)15-12/h8,15H,4-7H2,1-3H3,(H,18,19)/t8-/m0/s1. The third-order valence-electron chi connectivity index (χ3n) is 3.60. The van der Waals surface area contributed by atoms with Crippen LogP contribution >= 0.6 is 0 Å². The smallest absolute Gasteiger partial charge is 0.337 e. The number of aromatic nitrogens is 1. The van der Waals surface area contributed by atoms with Gasteiger partial charge in [-0.1, -0.05) is 0 Å². The number of carbonyl (C=O) groups excluding carboxylic acids is 1. The highest BCUT2D eigenvalue weighted by Crippen LogP contribution is 2.20. The molecule has 1 fully saturated rings. The zero-order valence-electron chi connectivity index (χ0n) is 12.0. The molecule has 6 nitrogen and oxygen atoms in total. The summed E-state index contributed by atoms with van der Waals surface area (Å²) >= 11 is 0. The van der Waals surface area contributed by atoms with E-state index in [1.165, 1.54) is 0 Å². The Balaban J connectivity index is 2.29. The van der Waals surface area contributed by atoms with Gasteiger partial charge >= 0.3 is 5.97 Å². The zero-order valence-corrected chi connectivity index (χ0v) is 12.0. The van der Waals surface area contributed by atoms with E-state index in [4.69, 9.17) is 4.74 Å². The van der Waals surface area contributed by atoms with Gasteiger partial charge in [-0.3, -0.25) is 4.79 Å².